The molecule has 1 aromatic rings. The van der Waals surface area contributed by atoms with E-state index in [4.69, 9.17) is 10.5 Å². The van der Waals surface area contributed by atoms with Crippen molar-refractivity contribution in [2.45, 2.75) is 32.4 Å². The lowest BCUT2D eigenvalue weighted by Gasteiger charge is -2.32. The zero-order valence-electron chi connectivity index (χ0n) is 9.76. The van der Waals surface area contributed by atoms with E-state index in [1.807, 2.05) is 20.8 Å². The molecule has 0 bridgehead atoms. The van der Waals surface area contributed by atoms with E-state index in [0.29, 0.717) is 16.6 Å². The van der Waals surface area contributed by atoms with Crippen LogP contribution in [0.1, 0.15) is 32.4 Å². The number of nitrogens with two attached hydrogens (primary N) is 1. The molecule has 0 fully saturated rings. The van der Waals surface area contributed by atoms with Crippen LogP contribution in [0.4, 0.5) is 4.39 Å². The standard InChI is InChI=1S/C12H17BrFNO/c1-4-16-12(2,3)11(15)8-6-5-7-9(13)10(8)14/h5-7,11H,4,15H2,1-3H3. The van der Waals surface area contributed by atoms with Gasteiger partial charge in [0.2, 0.25) is 0 Å². The molecular weight excluding hydrogens is 273 g/mol. The lowest BCUT2D eigenvalue weighted by molar-refractivity contribution is -0.0305. The third kappa shape index (κ3) is 2.81. The number of rotatable bonds is 4. The third-order valence-corrected chi connectivity index (χ3v) is 3.19. The van der Waals surface area contributed by atoms with Gasteiger partial charge < -0.3 is 10.5 Å². The van der Waals surface area contributed by atoms with Crippen molar-refractivity contribution in [3.05, 3.63) is 34.1 Å². The number of halogens is 2. The molecule has 1 aromatic carbocycles. The molecule has 0 aliphatic rings. The maximum atomic E-state index is 13.8. The average molecular weight is 290 g/mol. The van der Waals surface area contributed by atoms with Gasteiger partial charge in [-0.15, -0.1) is 0 Å². The summed E-state index contributed by atoms with van der Waals surface area (Å²) in [5.41, 5.74) is 5.92. The normalized spacial score (nSPS) is 13.9. The minimum absolute atomic E-state index is 0.317. The van der Waals surface area contributed by atoms with Gasteiger partial charge >= 0.3 is 0 Å². The van der Waals surface area contributed by atoms with Gasteiger partial charge in [0.15, 0.2) is 0 Å². The Morgan fingerprint density at radius 3 is 2.69 bits per heavy atom. The monoisotopic (exact) mass is 289 g/mol. The predicted molar refractivity (Wildman–Crippen MR) is 66.7 cm³/mol. The van der Waals surface area contributed by atoms with Crippen molar-refractivity contribution in [1.29, 1.82) is 0 Å². The van der Waals surface area contributed by atoms with Gasteiger partial charge in [0.25, 0.3) is 0 Å². The van der Waals surface area contributed by atoms with Gasteiger partial charge in [-0.1, -0.05) is 12.1 Å². The summed E-state index contributed by atoms with van der Waals surface area (Å²) in [6, 6.07) is 4.61. The van der Waals surface area contributed by atoms with Gasteiger partial charge in [-0.3, -0.25) is 0 Å². The third-order valence-electron chi connectivity index (χ3n) is 2.58. The Morgan fingerprint density at radius 2 is 2.12 bits per heavy atom. The van der Waals surface area contributed by atoms with Gasteiger partial charge in [-0.2, -0.15) is 0 Å². The van der Waals surface area contributed by atoms with Gasteiger partial charge in [0.05, 0.1) is 16.1 Å². The Labute approximate surface area is 104 Å². The van der Waals surface area contributed by atoms with Crippen molar-refractivity contribution in [3.8, 4) is 0 Å². The van der Waals surface area contributed by atoms with Crippen LogP contribution < -0.4 is 5.73 Å². The van der Waals surface area contributed by atoms with E-state index in [2.05, 4.69) is 15.9 Å². The fraction of sp³-hybridized carbons (Fsp3) is 0.500. The van der Waals surface area contributed by atoms with Crippen LogP contribution in [-0.2, 0) is 4.74 Å². The average Bonchev–Trinajstić information content (AvgIpc) is 2.21. The van der Waals surface area contributed by atoms with Crippen LogP contribution in [0.3, 0.4) is 0 Å². The molecule has 0 spiro atoms. The zero-order chi connectivity index (χ0) is 12.3. The van der Waals surface area contributed by atoms with E-state index in [9.17, 15) is 4.39 Å². The molecule has 1 rings (SSSR count). The fourth-order valence-corrected chi connectivity index (χ4v) is 1.98. The first-order valence-corrected chi connectivity index (χ1v) is 6.03. The Hall–Kier alpha value is -0.450. The Balaban J connectivity index is 3.04. The van der Waals surface area contributed by atoms with Crippen molar-refractivity contribution in [1.82, 2.24) is 0 Å². The van der Waals surface area contributed by atoms with Crippen molar-refractivity contribution in [2.24, 2.45) is 5.73 Å². The molecule has 0 radical (unpaired) electrons. The van der Waals surface area contributed by atoms with Crippen LogP contribution in [0.2, 0.25) is 0 Å². The first-order valence-electron chi connectivity index (χ1n) is 5.23. The highest BCUT2D eigenvalue weighted by molar-refractivity contribution is 9.10. The molecule has 4 heteroatoms. The second-order valence-corrected chi connectivity index (χ2v) is 5.01. The van der Waals surface area contributed by atoms with Crippen molar-refractivity contribution >= 4 is 15.9 Å². The molecule has 90 valence electrons. The maximum Gasteiger partial charge on any atom is 0.142 e. The lowest BCUT2D eigenvalue weighted by Crippen LogP contribution is -2.38. The minimum atomic E-state index is -0.587. The summed E-state index contributed by atoms with van der Waals surface area (Å²) in [5.74, 6) is -0.317. The molecule has 1 atom stereocenters. The predicted octanol–water partition coefficient (Wildman–Crippen LogP) is 3.40. The van der Waals surface area contributed by atoms with Crippen molar-refractivity contribution in [3.63, 3.8) is 0 Å². The quantitative estimate of drug-likeness (QED) is 0.922. The molecule has 0 aliphatic carbocycles. The first kappa shape index (κ1) is 13.6. The van der Waals surface area contributed by atoms with Crippen LogP contribution in [0.5, 0.6) is 0 Å². The van der Waals surface area contributed by atoms with E-state index < -0.39 is 11.6 Å². The molecule has 0 heterocycles. The molecule has 2 N–H and O–H groups in total. The van der Waals surface area contributed by atoms with Crippen LogP contribution in [0.15, 0.2) is 22.7 Å². The Morgan fingerprint density at radius 1 is 1.50 bits per heavy atom. The Bertz CT molecular complexity index is 368. The highest BCUT2D eigenvalue weighted by Gasteiger charge is 2.30. The lowest BCUT2D eigenvalue weighted by atomic mass is 9.92. The van der Waals surface area contributed by atoms with Gasteiger partial charge in [0.1, 0.15) is 5.82 Å². The second-order valence-electron chi connectivity index (χ2n) is 4.16. The molecule has 0 aromatic heterocycles. The van der Waals surface area contributed by atoms with E-state index in [1.165, 1.54) is 0 Å². The molecule has 2 nitrogen and oxygen atoms in total. The molecule has 0 saturated heterocycles. The number of hydrogen-bond donors (Lipinski definition) is 1. The fourth-order valence-electron chi connectivity index (χ4n) is 1.60. The van der Waals surface area contributed by atoms with Crippen LogP contribution in [0, 0.1) is 5.82 Å². The van der Waals surface area contributed by atoms with Crippen LogP contribution in [0.25, 0.3) is 0 Å². The van der Waals surface area contributed by atoms with E-state index in [1.54, 1.807) is 18.2 Å². The molecule has 0 amide bonds. The first-order chi connectivity index (χ1) is 7.40. The molecular formula is C12H17BrFNO. The summed E-state index contributed by atoms with van der Waals surface area (Å²) < 4.78 is 19.8. The highest BCUT2D eigenvalue weighted by Crippen LogP contribution is 2.30. The highest BCUT2D eigenvalue weighted by atomic mass is 79.9. The van der Waals surface area contributed by atoms with Crippen LogP contribution in [-0.4, -0.2) is 12.2 Å². The largest absolute Gasteiger partial charge is 0.374 e. The number of ether oxygens (including phenoxy) is 1. The summed E-state index contributed by atoms with van der Waals surface area (Å²) in [5, 5.41) is 0. The van der Waals surface area contributed by atoms with Crippen molar-refractivity contribution < 1.29 is 9.13 Å². The molecule has 16 heavy (non-hydrogen) atoms. The SMILES string of the molecule is CCOC(C)(C)C(N)c1cccc(Br)c1F. The summed E-state index contributed by atoms with van der Waals surface area (Å²) in [7, 11) is 0. The van der Waals surface area contributed by atoms with Gasteiger partial charge in [0, 0.05) is 12.2 Å². The maximum absolute atomic E-state index is 13.8. The summed E-state index contributed by atoms with van der Waals surface area (Å²) >= 11 is 3.15. The minimum Gasteiger partial charge on any atom is -0.374 e. The molecule has 0 aliphatic heterocycles. The molecule has 0 saturated carbocycles. The van der Waals surface area contributed by atoms with Crippen LogP contribution >= 0.6 is 15.9 Å². The number of hydrogen-bond acceptors (Lipinski definition) is 2. The Kier molecular flexibility index (Phi) is 4.47. The second kappa shape index (κ2) is 5.25. The topological polar surface area (TPSA) is 35.2 Å². The summed E-state index contributed by atoms with van der Waals surface area (Å²) in [6.07, 6.45) is 0. The summed E-state index contributed by atoms with van der Waals surface area (Å²) in [6.45, 7) is 6.17. The van der Waals surface area contributed by atoms with E-state index in [0.717, 1.165) is 0 Å². The van der Waals surface area contributed by atoms with Gasteiger partial charge in [-0.25, -0.2) is 4.39 Å². The van der Waals surface area contributed by atoms with E-state index >= 15 is 0 Å². The summed E-state index contributed by atoms with van der Waals surface area (Å²) in [4.78, 5) is 0. The van der Waals surface area contributed by atoms with Gasteiger partial charge in [-0.05, 0) is 42.8 Å². The zero-order valence-corrected chi connectivity index (χ0v) is 11.3. The van der Waals surface area contributed by atoms with Crippen molar-refractivity contribution in [2.75, 3.05) is 6.61 Å². The number of benzene rings is 1. The smallest absolute Gasteiger partial charge is 0.142 e. The molecule has 1 unspecified atom stereocenters. The van der Waals surface area contributed by atoms with E-state index in [-0.39, 0.29) is 5.82 Å².